The Morgan fingerprint density at radius 1 is 1.00 bits per heavy atom. The van der Waals surface area contributed by atoms with Crippen LogP contribution in [-0.2, 0) is 0 Å². The third kappa shape index (κ3) is 1.15. The highest BCUT2D eigenvalue weighted by Gasteiger charge is 2.08. The zero-order chi connectivity index (χ0) is 9.59. The van der Waals surface area contributed by atoms with Gasteiger partial charge in [-0.15, -0.1) is 0 Å². The molecular formula is C12H14O. The van der Waals surface area contributed by atoms with Crippen LogP contribution >= 0.6 is 0 Å². The molecule has 1 heteroatoms. The summed E-state index contributed by atoms with van der Waals surface area (Å²) in [4.78, 5) is 0. The van der Waals surface area contributed by atoms with Crippen molar-refractivity contribution >= 4 is 11.0 Å². The molecule has 0 aliphatic rings. The first kappa shape index (κ1) is 8.36. The molecule has 0 bridgehead atoms. The Morgan fingerprint density at radius 2 is 1.69 bits per heavy atom. The molecule has 0 saturated heterocycles. The van der Waals surface area contributed by atoms with Crippen molar-refractivity contribution in [1.29, 1.82) is 0 Å². The number of rotatable bonds is 0. The van der Waals surface area contributed by atoms with E-state index in [1.807, 2.05) is 6.92 Å². The van der Waals surface area contributed by atoms with E-state index >= 15 is 0 Å². The Balaban J connectivity index is 2.94. The maximum atomic E-state index is 5.66. The topological polar surface area (TPSA) is 13.1 Å². The highest BCUT2D eigenvalue weighted by Crippen LogP contribution is 2.28. The van der Waals surface area contributed by atoms with E-state index in [9.17, 15) is 0 Å². The molecule has 13 heavy (non-hydrogen) atoms. The van der Waals surface area contributed by atoms with Crippen LogP contribution in [0.15, 0.2) is 16.5 Å². The summed E-state index contributed by atoms with van der Waals surface area (Å²) in [6.07, 6.45) is 0. The Kier molecular flexibility index (Phi) is 1.69. The molecule has 2 rings (SSSR count). The highest BCUT2D eigenvalue weighted by atomic mass is 16.3. The molecule has 0 aliphatic carbocycles. The van der Waals surface area contributed by atoms with E-state index in [1.165, 1.54) is 22.1 Å². The number of furan rings is 1. The molecule has 0 unspecified atom stereocenters. The molecule has 0 aliphatic heterocycles. The van der Waals surface area contributed by atoms with Gasteiger partial charge in [0.2, 0.25) is 0 Å². The minimum Gasteiger partial charge on any atom is -0.461 e. The summed E-state index contributed by atoms with van der Waals surface area (Å²) >= 11 is 0. The molecule has 1 nitrogen and oxygen atoms in total. The van der Waals surface area contributed by atoms with Crippen molar-refractivity contribution in [3.63, 3.8) is 0 Å². The number of hydrogen-bond donors (Lipinski definition) is 0. The molecule has 0 N–H and O–H groups in total. The second-order valence-corrected chi connectivity index (χ2v) is 3.74. The Morgan fingerprint density at radius 3 is 2.38 bits per heavy atom. The molecule has 1 aromatic carbocycles. The summed E-state index contributed by atoms with van der Waals surface area (Å²) in [6.45, 7) is 8.37. The van der Waals surface area contributed by atoms with Gasteiger partial charge >= 0.3 is 0 Å². The fourth-order valence-corrected chi connectivity index (χ4v) is 1.91. The van der Waals surface area contributed by atoms with Gasteiger partial charge in [0, 0.05) is 5.39 Å². The van der Waals surface area contributed by atoms with E-state index in [0.29, 0.717) is 0 Å². The third-order valence-corrected chi connectivity index (χ3v) is 2.61. The van der Waals surface area contributed by atoms with Crippen LogP contribution in [0.25, 0.3) is 11.0 Å². The highest BCUT2D eigenvalue weighted by molar-refractivity contribution is 5.85. The van der Waals surface area contributed by atoms with E-state index in [-0.39, 0.29) is 0 Å². The molecular weight excluding hydrogens is 160 g/mol. The van der Waals surface area contributed by atoms with Gasteiger partial charge in [0.15, 0.2) is 0 Å². The molecule has 1 heterocycles. The average Bonchev–Trinajstić information content (AvgIpc) is 2.27. The monoisotopic (exact) mass is 174 g/mol. The summed E-state index contributed by atoms with van der Waals surface area (Å²) in [7, 11) is 0. The standard InChI is InChI=1S/C12H14O/c1-7-5-8(2)12-9(3)10(4)13-11(12)6-7/h5-6H,1-4H3. The number of hydrogen-bond acceptors (Lipinski definition) is 1. The predicted octanol–water partition coefficient (Wildman–Crippen LogP) is 3.67. The minimum absolute atomic E-state index is 1.02. The van der Waals surface area contributed by atoms with E-state index in [1.54, 1.807) is 0 Å². The zero-order valence-electron chi connectivity index (χ0n) is 8.56. The summed E-state index contributed by atoms with van der Waals surface area (Å²) in [5, 5.41) is 1.28. The van der Waals surface area contributed by atoms with Gasteiger partial charge in [-0.25, -0.2) is 0 Å². The van der Waals surface area contributed by atoms with Crippen LogP contribution in [0.5, 0.6) is 0 Å². The molecule has 0 amide bonds. The Hall–Kier alpha value is -1.24. The summed E-state index contributed by atoms with van der Waals surface area (Å²) in [5.74, 6) is 1.03. The lowest BCUT2D eigenvalue weighted by Crippen LogP contribution is -1.79. The van der Waals surface area contributed by atoms with Crippen LogP contribution in [0.1, 0.15) is 22.5 Å². The van der Waals surface area contributed by atoms with Crippen LogP contribution in [0, 0.1) is 27.7 Å². The van der Waals surface area contributed by atoms with Gasteiger partial charge in [0.25, 0.3) is 0 Å². The lowest BCUT2D eigenvalue weighted by molar-refractivity contribution is 0.575. The van der Waals surface area contributed by atoms with Crippen molar-refractivity contribution in [3.8, 4) is 0 Å². The van der Waals surface area contributed by atoms with Crippen molar-refractivity contribution in [2.24, 2.45) is 0 Å². The molecule has 0 radical (unpaired) electrons. The second-order valence-electron chi connectivity index (χ2n) is 3.74. The van der Waals surface area contributed by atoms with Crippen molar-refractivity contribution in [2.45, 2.75) is 27.7 Å². The molecule has 68 valence electrons. The molecule has 0 saturated carbocycles. The fraction of sp³-hybridized carbons (Fsp3) is 0.333. The first-order valence-corrected chi connectivity index (χ1v) is 4.56. The van der Waals surface area contributed by atoms with Gasteiger partial charge in [-0.1, -0.05) is 6.07 Å². The van der Waals surface area contributed by atoms with Crippen LogP contribution in [0.4, 0.5) is 0 Å². The molecule has 0 atom stereocenters. The maximum Gasteiger partial charge on any atom is 0.135 e. The molecule has 0 fully saturated rings. The van der Waals surface area contributed by atoms with Crippen LogP contribution < -0.4 is 0 Å². The van der Waals surface area contributed by atoms with Gasteiger partial charge < -0.3 is 4.42 Å². The van der Waals surface area contributed by atoms with Gasteiger partial charge in [-0.05, 0) is 50.5 Å². The number of aryl methyl sites for hydroxylation is 4. The lowest BCUT2D eigenvalue weighted by atomic mass is 10.0. The summed E-state index contributed by atoms with van der Waals surface area (Å²) in [5.41, 5.74) is 4.86. The van der Waals surface area contributed by atoms with Gasteiger partial charge in [-0.2, -0.15) is 0 Å². The SMILES string of the molecule is Cc1cc(C)c2c(C)c(C)oc2c1. The fourth-order valence-electron chi connectivity index (χ4n) is 1.91. The van der Waals surface area contributed by atoms with Gasteiger partial charge in [0.05, 0.1) is 0 Å². The second kappa shape index (κ2) is 2.63. The van der Waals surface area contributed by atoms with Crippen molar-refractivity contribution in [2.75, 3.05) is 0 Å². The minimum atomic E-state index is 1.02. The lowest BCUT2D eigenvalue weighted by Gasteiger charge is -1.98. The maximum absolute atomic E-state index is 5.66. The largest absolute Gasteiger partial charge is 0.461 e. The van der Waals surface area contributed by atoms with Crippen molar-refractivity contribution < 1.29 is 4.42 Å². The average molecular weight is 174 g/mol. The van der Waals surface area contributed by atoms with Crippen LogP contribution in [-0.4, -0.2) is 0 Å². The molecule has 2 aromatic rings. The van der Waals surface area contributed by atoms with Crippen molar-refractivity contribution in [3.05, 3.63) is 34.6 Å². The summed E-state index contributed by atoms with van der Waals surface area (Å²) in [6, 6.07) is 4.30. The van der Waals surface area contributed by atoms with E-state index < -0.39 is 0 Å². The number of fused-ring (bicyclic) bond motifs is 1. The first-order chi connectivity index (χ1) is 6.09. The summed E-state index contributed by atoms with van der Waals surface area (Å²) < 4.78 is 5.66. The number of benzene rings is 1. The van der Waals surface area contributed by atoms with Crippen molar-refractivity contribution in [1.82, 2.24) is 0 Å². The smallest absolute Gasteiger partial charge is 0.135 e. The Labute approximate surface area is 78.4 Å². The Bertz CT molecular complexity index is 463. The van der Waals surface area contributed by atoms with Gasteiger partial charge in [0.1, 0.15) is 11.3 Å². The molecule has 1 aromatic heterocycles. The molecule has 0 spiro atoms. The predicted molar refractivity (Wildman–Crippen MR) is 55.2 cm³/mol. The van der Waals surface area contributed by atoms with E-state index in [4.69, 9.17) is 4.42 Å². The third-order valence-electron chi connectivity index (χ3n) is 2.61. The quantitative estimate of drug-likeness (QED) is 0.594. The normalized spacial score (nSPS) is 11.1. The van der Waals surface area contributed by atoms with E-state index in [2.05, 4.69) is 32.9 Å². The first-order valence-electron chi connectivity index (χ1n) is 4.56. The van der Waals surface area contributed by atoms with Crippen LogP contribution in [0.3, 0.4) is 0 Å². The van der Waals surface area contributed by atoms with E-state index in [0.717, 1.165) is 11.3 Å². The van der Waals surface area contributed by atoms with Crippen LogP contribution in [0.2, 0.25) is 0 Å². The van der Waals surface area contributed by atoms with Gasteiger partial charge in [-0.3, -0.25) is 0 Å². The zero-order valence-corrected chi connectivity index (χ0v) is 8.56.